The topological polar surface area (TPSA) is 105 Å². The van der Waals surface area contributed by atoms with Crippen molar-refractivity contribution in [3.05, 3.63) is 35.7 Å². The largest absolute Gasteiger partial charge is 0.471 e. The zero-order chi connectivity index (χ0) is 25.2. The van der Waals surface area contributed by atoms with Crippen molar-refractivity contribution in [3.8, 4) is 5.88 Å². The molecule has 0 atom stereocenters. The molecule has 0 radical (unpaired) electrons. The second-order valence-corrected chi connectivity index (χ2v) is 8.45. The van der Waals surface area contributed by atoms with Crippen molar-refractivity contribution < 1.29 is 31.5 Å². The molecule has 1 fully saturated rings. The number of nitrogens with one attached hydrogen (secondary N) is 3. The third kappa shape index (κ3) is 5.95. The van der Waals surface area contributed by atoms with E-state index in [2.05, 4.69) is 37.5 Å². The first-order valence-electron chi connectivity index (χ1n) is 11.0. The zero-order valence-corrected chi connectivity index (χ0v) is 18.6. The molecule has 0 unspecified atom stereocenters. The lowest BCUT2D eigenvalue weighted by molar-refractivity contribution is -0.140. The first-order chi connectivity index (χ1) is 16.6. The number of H-pyrrole nitrogens is 1. The molecule has 3 aromatic rings. The van der Waals surface area contributed by atoms with E-state index in [4.69, 9.17) is 4.74 Å². The first kappa shape index (κ1) is 24.6. The number of fused-ring (bicyclic) bond motifs is 1. The van der Waals surface area contributed by atoms with E-state index in [9.17, 15) is 26.7 Å². The molecule has 1 saturated carbocycles. The number of aromatic nitrogens is 4. The van der Waals surface area contributed by atoms with Crippen LogP contribution in [0.2, 0.25) is 0 Å². The van der Waals surface area contributed by atoms with Crippen LogP contribution in [0.5, 0.6) is 5.88 Å². The number of pyridine rings is 2. The van der Waals surface area contributed by atoms with Crippen molar-refractivity contribution >= 4 is 28.7 Å². The number of hydrogen-bond acceptors (Lipinski definition) is 6. The number of aromatic amines is 1. The number of alkyl halides is 5. The number of ether oxygens (including phenoxy) is 1. The Morgan fingerprint density at radius 1 is 1.23 bits per heavy atom. The zero-order valence-electron chi connectivity index (χ0n) is 18.6. The molecule has 13 heteroatoms. The van der Waals surface area contributed by atoms with Crippen molar-refractivity contribution in [1.82, 2.24) is 25.3 Å². The van der Waals surface area contributed by atoms with E-state index in [0.29, 0.717) is 5.92 Å². The summed E-state index contributed by atoms with van der Waals surface area (Å²) in [6.07, 6.45) is -2.99. The maximum absolute atomic E-state index is 13.2. The van der Waals surface area contributed by atoms with Gasteiger partial charge in [-0.15, -0.1) is 0 Å². The quantitative estimate of drug-likeness (QED) is 0.393. The highest BCUT2D eigenvalue weighted by atomic mass is 19.4. The van der Waals surface area contributed by atoms with Crippen LogP contribution in [0.4, 0.5) is 33.6 Å². The van der Waals surface area contributed by atoms with E-state index in [-0.39, 0.29) is 40.3 Å². The van der Waals surface area contributed by atoms with E-state index in [0.717, 1.165) is 31.9 Å². The molecule has 3 aromatic heterocycles. The summed E-state index contributed by atoms with van der Waals surface area (Å²) in [5, 5.41) is 5.40. The highest BCUT2D eigenvalue weighted by molar-refractivity contribution is 5.99. The molecule has 3 heterocycles. The summed E-state index contributed by atoms with van der Waals surface area (Å²) in [6, 6.07) is 3.76. The molecule has 1 aliphatic rings. The minimum Gasteiger partial charge on any atom is -0.471 e. The summed E-state index contributed by atoms with van der Waals surface area (Å²) in [4.78, 5) is 27.2. The van der Waals surface area contributed by atoms with Crippen LogP contribution in [0.3, 0.4) is 0 Å². The molecule has 0 bridgehead atoms. The Labute approximate surface area is 196 Å². The average molecular weight is 498 g/mol. The summed E-state index contributed by atoms with van der Waals surface area (Å²) >= 11 is 0. The molecular formula is C22H23F5N6O2. The average Bonchev–Trinajstić information content (AvgIpc) is 3.19. The summed E-state index contributed by atoms with van der Waals surface area (Å²) in [5.74, 6) is -0.418. The van der Waals surface area contributed by atoms with Gasteiger partial charge < -0.3 is 20.4 Å². The molecule has 0 spiro atoms. The van der Waals surface area contributed by atoms with Gasteiger partial charge in [0.1, 0.15) is 5.56 Å². The number of imidazole rings is 1. The van der Waals surface area contributed by atoms with Crippen molar-refractivity contribution in [2.45, 2.75) is 51.3 Å². The molecule has 1 aliphatic carbocycles. The minimum absolute atomic E-state index is 0.0303. The fourth-order valence-electron chi connectivity index (χ4n) is 3.93. The predicted molar refractivity (Wildman–Crippen MR) is 117 cm³/mol. The van der Waals surface area contributed by atoms with E-state index < -0.39 is 30.8 Å². The summed E-state index contributed by atoms with van der Waals surface area (Å²) < 4.78 is 70.4. The number of hydrogen-bond donors (Lipinski definition) is 3. The SMILES string of the molecule is CC1CCC(NC(=O)c2cc3[nH]c(Nc4cccnc4C(F)(F)F)nc3nc2OCC(F)F)CC1. The Morgan fingerprint density at radius 3 is 2.66 bits per heavy atom. The predicted octanol–water partition coefficient (Wildman–Crippen LogP) is 5.07. The van der Waals surface area contributed by atoms with Gasteiger partial charge in [-0.05, 0) is 49.8 Å². The van der Waals surface area contributed by atoms with E-state index in [1.54, 1.807) is 0 Å². The number of carbonyl (C=O) groups excluding carboxylic acids is 1. The maximum atomic E-state index is 13.2. The summed E-state index contributed by atoms with van der Waals surface area (Å²) in [7, 11) is 0. The molecule has 0 aromatic carbocycles. The van der Waals surface area contributed by atoms with Gasteiger partial charge >= 0.3 is 6.18 Å². The van der Waals surface area contributed by atoms with Crippen LogP contribution in [-0.2, 0) is 6.18 Å². The summed E-state index contributed by atoms with van der Waals surface area (Å²) in [6.45, 7) is 1.15. The van der Waals surface area contributed by atoms with Gasteiger partial charge in [-0.1, -0.05) is 6.92 Å². The van der Waals surface area contributed by atoms with Gasteiger partial charge in [0.15, 0.2) is 17.9 Å². The van der Waals surface area contributed by atoms with E-state index >= 15 is 0 Å². The lowest BCUT2D eigenvalue weighted by atomic mass is 9.87. The number of anilines is 2. The Hall–Kier alpha value is -3.51. The standard InChI is InChI=1S/C22H23F5N6O2/c1-11-4-6-12(7-5-11)29-19(34)13-9-15-18(32-20(13)35-10-16(23)24)33-21(31-15)30-14-3-2-8-28-17(14)22(25,26)27/h2-3,8-9,11-12,16H,4-7,10H2,1H3,(H,29,34)(H2,30,31,32,33). The van der Waals surface area contributed by atoms with Crippen molar-refractivity contribution in [3.63, 3.8) is 0 Å². The van der Waals surface area contributed by atoms with Crippen LogP contribution >= 0.6 is 0 Å². The number of amides is 1. The lowest BCUT2D eigenvalue weighted by Crippen LogP contribution is -2.37. The fourth-order valence-corrected chi connectivity index (χ4v) is 3.93. The van der Waals surface area contributed by atoms with Crippen molar-refractivity contribution in [2.24, 2.45) is 5.92 Å². The Balaban J connectivity index is 1.63. The van der Waals surface area contributed by atoms with Gasteiger partial charge in [-0.2, -0.15) is 23.1 Å². The molecular weight excluding hydrogens is 475 g/mol. The molecule has 0 aliphatic heterocycles. The third-order valence-corrected chi connectivity index (χ3v) is 5.71. The third-order valence-electron chi connectivity index (χ3n) is 5.71. The molecule has 1 amide bonds. The van der Waals surface area contributed by atoms with Gasteiger partial charge in [0, 0.05) is 12.2 Å². The van der Waals surface area contributed by atoms with Gasteiger partial charge in [-0.25, -0.2) is 13.8 Å². The van der Waals surface area contributed by atoms with Crippen molar-refractivity contribution in [1.29, 1.82) is 0 Å². The molecule has 4 rings (SSSR count). The highest BCUT2D eigenvalue weighted by Gasteiger charge is 2.35. The van der Waals surface area contributed by atoms with Gasteiger partial charge in [0.2, 0.25) is 11.8 Å². The smallest absolute Gasteiger partial charge is 0.435 e. The van der Waals surface area contributed by atoms with Crippen LogP contribution in [-0.4, -0.2) is 44.9 Å². The fraction of sp³-hybridized carbons (Fsp3) is 0.455. The lowest BCUT2D eigenvalue weighted by Gasteiger charge is -2.27. The van der Waals surface area contributed by atoms with Crippen LogP contribution < -0.4 is 15.4 Å². The van der Waals surface area contributed by atoms with Crippen LogP contribution in [0.25, 0.3) is 11.2 Å². The van der Waals surface area contributed by atoms with Gasteiger partial charge in [0.25, 0.3) is 12.3 Å². The molecule has 35 heavy (non-hydrogen) atoms. The molecule has 188 valence electrons. The number of carbonyl (C=O) groups is 1. The molecule has 3 N–H and O–H groups in total. The monoisotopic (exact) mass is 498 g/mol. The Bertz CT molecular complexity index is 1190. The van der Waals surface area contributed by atoms with Crippen LogP contribution in [0.15, 0.2) is 24.4 Å². The molecule has 0 saturated heterocycles. The van der Waals surface area contributed by atoms with Gasteiger partial charge in [-0.3, -0.25) is 4.79 Å². The second kappa shape index (κ2) is 10.0. The van der Waals surface area contributed by atoms with Crippen LogP contribution in [0.1, 0.15) is 48.7 Å². The normalized spacial score (nSPS) is 18.6. The number of halogens is 5. The van der Waals surface area contributed by atoms with E-state index in [1.807, 2.05) is 0 Å². The minimum atomic E-state index is -4.70. The number of rotatable bonds is 7. The Kier molecular flexibility index (Phi) is 7.03. The van der Waals surface area contributed by atoms with Crippen molar-refractivity contribution in [2.75, 3.05) is 11.9 Å². The first-order valence-corrected chi connectivity index (χ1v) is 11.0. The Morgan fingerprint density at radius 2 is 1.97 bits per heavy atom. The summed E-state index contributed by atoms with van der Waals surface area (Å²) in [5.41, 5.74) is -1.40. The van der Waals surface area contributed by atoms with E-state index in [1.165, 1.54) is 18.2 Å². The second-order valence-electron chi connectivity index (χ2n) is 8.45. The van der Waals surface area contributed by atoms with Crippen LogP contribution in [0, 0.1) is 5.92 Å². The number of nitrogens with zero attached hydrogens (tertiary/aromatic N) is 3. The van der Waals surface area contributed by atoms with Gasteiger partial charge in [0.05, 0.1) is 11.2 Å². The maximum Gasteiger partial charge on any atom is 0.435 e. The molecule has 8 nitrogen and oxygen atoms in total. The highest BCUT2D eigenvalue weighted by Crippen LogP contribution is 2.34.